The van der Waals surface area contributed by atoms with Crippen molar-refractivity contribution in [2.24, 2.45) is 22.9 Å². The lowest BCUT2D eigenvalue weighted by molar-refractivity contribution is -0.149. The summed E-state index contributed by atoms with van der Waals surface area (Å²) in [4.78, 5) is 24.4. The minimum atomic E-state index is -1.01. The van der Waals surface area contributed by atoms with Crippen LogP contribution in [0.5, 0.6) is 0 Å². The minimum absolute atomic E-state index is 0.119. The molecule has 2 aromatic carbocycles. The van der Waals surface area contributed by atoms with E-state index in [1.165, 1.54) is 0 Å². The molecule has 4 atom stereocenters. The molecule has 1 amide bonds. The monoisotopic (exact) mass is 474 g/mol. The van der Waals surface area contributed by atoms with Gasteiger partial charge < -0.3 is 10.2 Å². The number of fused-ring (bicyclic) bond motifs is 6. The number of anilines is 1. The number of nitrogens with one attached hydrogen (secondary N) is 2. The number of H-pyrrole nitrogens is 1. The summed E-state index contributed by atoms with van der Waals surface area (Å²) >= 11 is 0. The van der Waals surface area contributed by atoms with Crippen LogP contribution in [0.4, 0.5) is 5.69 Å². The zero-order valence-electron chi connectivity index (χ0n) is 19.3. The van der Waals surface area contributed by atoms with E-state index in [1.54, 1.807) is 30.7 Å². The lowest BCUT2D eigenvalue weighted by atomic mass is 9.71. The lowest BCUT2D eigenvalue weighted by Gasteiger charge is -2.35. The van der Waals surface area contributed by atoms with Gasteiger partial charge in [0.25, 0.3) is 5.91 Å². The van der Waals surface area contributed by atoms with E-state index in [1.807, 2.05) is 36.4 Å². The molecule has 1 aliphatic heterocycles. The molecule has 2 aliphatic carbocycles. The van der Waals surface area contributed by atoms with Crippen LogP contribution in [0, 0.1) is 29.1 Å². The van der Waals surface area contributed by atoms with Crippen molar-refractivity contribution >= 4 is 28.2 Å². The van der Waals surface area contributed by atoms with Crippen molar-refractivity contribution in [1.82, 2.24) is 15.2 Å². The van der Waals surface area contributed by atoms with E-state index in [2.05, 4.69) is 31.7 Å². The van der Waals surface area contributed by atoms with Gasteiger partial charge in [-0.2, -0.15) is 10.4 Å². The summed E-state index contributed by atoms with van der Waals surface area (Å²) < 4.78 is 0. The summed E-state index contributed by atoms with van der Waals surface area (Å²) in [7, 11) is 0. The first-order chi connectivity index (χ1) is 17.7. The molecule has 4 aromatic rings. The van der Waals surface area contributed by atoms with Gasteiger partial charge in [0.1, 0.15) is 0 Å². The van der Waals surface area contributed by atoms with Crippen molar-refractivity contribution in [2.75, 3.05) is 5.32 Å². The van der Waals surface area contributed by atoms with Crippen LogP contribution in [0.25, 0.3) is 22.0 Å². The maximum atomic E-state index is 13.8. The number of benzene rings is 2. The largest absolute Gasteiger partial charge is 0.378 e. The summed E-state index contributed by atoms with van der Waals surface area (Å²) in [5.74, 6) is 0.211. The number of amides is 1. The molecule has 2 fully saturated rings. The summed E-state index contributed by atoms with van der Waals surface area (Å²) in [6.45, 7) is 0. The summed E-state index contributed by atoms with van der Waals surface area (Å²) in [5, 5.41) is 24.7. The summed E-state index contributed by atoms with van der Waals surface area (Å²) in [5.41, 5.74) is 4.80. The van der Waals surface area contributed by atoms with Gasteiger partial charge in [0.05, 0.1) is 35.0 Å². The predicted octanol–water partition coefficient (Wildman–Crippen LogP) is 4.65. The number of aromatic amines is 1. The molecule has 3 aliphatic rings. The molecule has 0 saturated heterocycles. The highest BCUT2D eigenvalue weighted by Gasteiger charge is 2.69. The van der Waals surface area contributed by atoms with Crippen LogP contribution in [-0.2, 0) is 9.63 Å². The van der Waals surface area contributed by atoms with Gasteiger partial charge in [-0.3, -0.25) is 14.9 Å². The summed E-state index contributed by atoms with van der Waals surface area (Å²) in [6, 6.07) is 17.3. The molecule has 7 rings (SSSR count). The Hall–Kier alpha value is -4.51. The Morgan fingerprint density at radius 2 is 1.92 bits per heavy atom. The highest BCUT2D eigenvalue weighted by atomic mass is 16.7. The number of hydrogen-bond donors (Lipinski definition) is 2. The molecule has 36 heavy (non-hydrogen) atoms. The van der Waals surface area contributed by atoms with E-state index >= 15 is 0 Å². The van der Waals surface area contributed by atoms with Crippen LogP contribution in [-0.4, -0.2) is 32.4 Å². The number of nitriles is 1. The number of hydrogen-bond acceptors (Lipinski definition) is 6. The van der Waals surface area contributed by atoms with Gasteiger partial charge in [0.2, 0.25) is 5.60 Å². The second-order valence-corrected chi connectivity index (χ2v) is 9.89. The second kappa shape index (κ2) is 7.75. The first kappa shape index (κ1) is 20.8. The molecular weight excluding hydrogens is 452 g/mol. The molecule has 3 heterocycles. The third-order valence-electron chi connectivity index (χ3n) is 8.04. The van der Waals surface area contributed by atoms with Crippen molar-refractivity contribution in [2.45, 2.75) is 24.9 Å². The third kappa shape index (κ3) is 2.99. The molecular formula is C28H22N6O2. The van der Waals surface area contributed by atoms with Crippen LogP contribution in [0.15, 0.2) is 72.3 Å². The second-order valence-electron chi connectivity index (χ2n) is 9.89. The number of carbonyl (C=O) groups is 1. The van der Waals surface area contributed by atoms with Crippen molar-refractivity contribution in [3.8, 4) is 17.2 Å². The van der Waals surface area contributed by atoms with Gasteiger partial charge in [0.15, 0.2) is 0 Å². The highest BCUT2D eigenvalue weighted by molar-refractivity contribution is 6.11. The molecule has 2 bridgehead atoms. The summed E-state index contributed by atoms with van der Waals surface area (Å²) in [6.07, 6.45) is 8.32. The molecule has 2 aromatic heterocycles. The van der Waals surface area contributed by atoms with Crippen LogP contribution in [0.2, 0.25) is 0 Å². The van der Waals surface area contributed by atoms with Crippen LogP contribution in [0.1, 0.15) is 30.4 Å². The van der Waals surface area contributed by atoms with E-state index in [0.717, 1.165) is 52.6 Å². The number of oxime groups is 1. The van der Waals surface area contributed by atoms with Crippen molar-refractivity contribution in [3.63, 3.8) is 0 Å². The van der Waals surface area contributed by atoms with E-state index in [9.17, 15) is 4.79 Å². The topological polar surface area (TPSA) is 116 Å². The highest BCUT2D eigenvalue weighted by Crippen LogP contribution is 2.60. The Labute approximate surface area is 207 Å². The molecule has 0 radical (unpaired) electrons. The fourth-order valence-electron chi connectivity index (χ4n) is 6.38. The zero-order chi connectivity index (χ0) is 24.3. The number of rotatable bonds is 4. The van der Waals surface area contributed by atoms with Gasteiger partial charge in [-0.25, -0.2) is 0 Å². The van der Waals surface area contributed by atoms with Crippen molar-refractivity contribution in [1.29, 1.82) is 5.26 Å². The molecule has 4 unspecified atom stereocenters. The van der Waals surface area contributed by atoms with E-state index < -0.39 is 5.60 Å². The standard InChI is InChI=1S/C28H22N6O2/c29-12-16-1-3-17(4-2-16)19-9-21(14-30-13-19)26-25-18-5-6-22(10-18)28(25,36-34-26)27(35)32-23-7-8-24-20(11-23)15-31-33-24/h1-4,7-9,11,13-15,18,22,25H,5-6,10H2,(H,31,33)(H,32,35). The van der Waals surface area contributed by atoms with Gasteiger partial charge in [-0.05, 0) is 67.1 Å². The lowest BCUT2D eigenvalue weighted by Crippen LogP contribution is -2.53. The minimum Gasteiger partial charge on any atom is -0.378 e. The Morgan fingerprint density at radius 1 is 1.06 bits per heavy atom. The van der Waals surface area contributed by atoms with Gasteiger partial charge in [-0.15, -0.1) is 0 Å². The van der Waals surface area contributed by atoms with Gasteiger partial charge in [-0.1, -0.05) is 17.3 Å². The Bertz CT molecular complexity index is 1580. The van der Waals surface area contributed by atoms with Crippen LogP contribution in [0.3, 0.4) is 0 Å². The maximum absolute atomic E-state index is 13.8. The average molecular weight is 475 g/mol. The Morgan fingerprint density at radius 3 is 2.78 bits per heavy atom. The normalized spacial score (nSPS) is 25.8. The smallest absolute Gasteiger partial charge is 0.272 e. The van der Waals surface area contributed by atoms with Crippen LogP contribution >= 0.6 is 0 Å². The van der Waals surface area contributed by atoms with E-state index in [0.29, 0.717) is 17.2 Å². The molecule has 0 spiro atoms. The molecule has 8 nitrogen and oxygen atoms in total. The number of nitrogens with zero attached hydrogens (tertiary/aromatic N) is 4. The number of aromatic nitrogens is 3. The van der Waals surface area contributed by atoms with Crippen molar-refractivity contribution < 1.29 is 9.63 Å². The fraction of sp³-hybridized carbons (Fsp3) is 0.250. The Balaban J connectivity index is 1.21. The number of pyridine rings is 1. The zero-order valence-corrected chi connectivity index (χ0v) is 19.3. The predicted molar refractivity (Wildman–Crippen MR) is 134 cm³/mol. The molecule has 176 valence electrons. The molecule has 2 saturated carbocycles. The van der Waals surface area contributed by atoms with Gasteiger partial charge >= 0.3 is 0 Å². The molecule has 2 N–H and O–H groups in total. The first-order valence-electron chi connectivity index (χ1n) is 12.1. The first-order valence-corrected chi connectivity index (χ1v) is 12.1. The van der Waals surface area contributed by atoms with Crippen molar-refractivity contribution in [3.05, 3.63) is 78.2 Å². The average Bonchev–Trinajstić information content (AvgIpc) is 3.70. The van der Waals surface area contributed by atoms with E-state index in [-0.39, 0.29) is 17.7 Å². The quantitative estimate of drug-likeness (QED) is 0.446. The SMILES string of the molecule is N#Cc1ccc(-c2cncc(C3=NOC4(C(=O)Nc5ccc6[nH]ncc6c5)C5CCC(C5)C34)c2)cc1. The maximum Gasteiger partial charge on any atom is 0.272 e. The fourth-order valence-corrected chi connectivity index (χ4v) is 6.38. The van der Waals surface area contributed by atoms with Gasteiger partial charge in [0, 0.05) is 40.5 Å². The molecule has 8 heteroatoms. The third-order valence-corrected chi connectivity index (χ3v) is 8.04. The number of carbonyl (C=O) groups excluding carboxylic acids is 1. The van der Waals surface area contributed by atoms with E-state index in [4.69, 9.17) is 10.1 Å². The van der Waals surface area contributed by atoms with Crippen LogP contribution < -0.4 is 5.32 Å². The Kier molecular flexibility index (Phi) is 4.48.